The van der Waals surface area contributed by atoms with E-state index in [2.05, 4.69) is 92.8 Å². The van der Waals surface area contributed by atoms with Crippen LogP contribution in [0.2, 0.25) is 0 Å². The molecule has 5 aliphatic rings. The molecule has 4 aromatic carbocycles. The molecule has 0 bridgehead atoms. The number of phenols is 1. The van der Waals surface area contributed by atoms with Gasteiger partial charge in [-0.2, -0.15) is 0 Å². The van der Waals surface area contributed by atoms with Crippen LogP contribution in [0, 0.1) is 5.92 Å². The minimum absolute atomic E-state index is 0.0916. The summed E-state index contributed by atoms with van der Waals surface area (Å²) < 4.78 is 0. The lowest BCUT2D eigenvalue weighted by Gasteiger charge is -2.40. The van der Waals surface area contributed by atoms with Gasteiger partial charge in [-0.3, -0.25) is 14.5 Å². The highest BCUT2D eigenvalue weighted by molar-refractivity contribution is 6.01. The summed E-state index contributed by atoms with van der Waals surface area (Å²) in [7, 11) is 0. The number of fused-ring (bicyclic) bond motifs is 2. The number of hydrogen-bond acceptors (Lipinski definition) is 7. The van der Waals surface area contributed by atoms with Gasteiger partial charge in [0.15, 0.2) is 0 Å². The molecule has 0 aromatic heterocycles. The number of hydrogen-bond donors (Lipinski definition) is 3. The minimum atomic E-state index is -0.825. The van der Waals surface area contributed by atoms with Gasteiger partial charge in [-0.1, -0.05) is 48.5 Å². The highest BCUT2D eigenvalue weighted by Gasteiger charge is 2.39. The standard InChI is InChI=1S/C45H51N5O4/c51-37-12-15-39-33(27-37)8-13-38(31-4-2-1-3-5-31)43(39)32-6-9-35(10-7-32)48-20-18-30(19-21-48)28-47-22-24-49(25-23-47)36-11-14-40-34(26-36)29-50(45(40)54)41-16-17-42(52)46-44(41)53/h1-7,9-12,14-15,26-27,30,38,41-43,51-52H,8,13,16-25,28-29H2,(H,46,53)/t38-,41+,42?,43+/m1/s1. The number of carbonyl (C=O) groups is 2. The molecule has 0 saturated carbocycles. The lowest BCUT2D eigenvalue weighted by molar-refractivity contribution is -0.132. The van der Waals surface area contributed by atoms with Gasteiger partial charge in [0.1, 0.15) is 18.0 Å². The molecule has 9 nitrogen and oxygen atoms in total. The van der Waals surface area contributed by atoms with Crippen molar-refractivity contribution in [3.63, 3.8) is 0 Å². The summed E-state index contributed by atoms with van der Waals surface area (Å²) in [6.07, 6.45) is 4.57. The average molecular weight is 726 g/mol. The molecule has 4 heterocycles. The van der Waals surface area contributed by atoms with Crippen molar-refractivity contribution in [3.05, 3.63) is 124 Å². The summed E-state index contributed by atoms with van der Waals surface area (Å²) in [4.78, 5) is 35.0. The van der Waals surface area contributed by atoms with Gasteiger partial charge in [-0.25, -0.2) is 0 Å². The van der Waals surface area contributed by atoms with Gasteiger partial charge >= 0.3 is 0 Å². The molecule has 4 aliphatic heterocycles. The van der Waals surface area contributed by atoms with E-state index in [1.54, 1.807) is 4.90 Å². The van der Waals surface area contributed by atoms with Crippen LogP contribution in [0.15, 0.2) is 91.0 Å². The van der Waals surface area contributed by atoms with Gasteiger partial charge in [0.05, 0.1) is 0 Å². The number of anilines is 2. The average Bonchev–Trinajstić information content (AvgIpc) is 3.53. The molecule has 1 aliphatic carbocycles. The second kappa shape index (κ2) is 14.8. The lowest BCUT2D eigenvalue weighted by Crippen LogP contribution is -2.54. The maximum absolute atomic E-state index is 13.2. The molecule has 1 unspecified atom stereocenters. The van der Waals surface area contributed by atoms with Crippen molar-refractivity contribution in [2.24, 2.45) is 5.92 Å². The maximum Gasteiger partial charge on any atom is 0.255 e. The molecule has 0 spiro atoms. The first-order valence-corrected chi connectivity index (χ1v) is 20.0. The number of nitrogens with zero attached hydrogens (tertiary/aromatic N) is 4. The number of nitrogens with one attached hydrogen (secondary N) is 1. The largest absolute Gasteiger partial charge is 0.508 e. The zero-order chi connectivity index (χ0) is 36.8. The van der Waals surface area contributed by atoms with E-state index >= 15 is 0 Å². The Morgan fingerprint density at radius 2 is 1.43 bits per heavy atom. The number of aromatic hydroxyl groups is 1. The molecule has 2 amide bonds. The molecule has 3 fully saturated rings. The number of rotatable bonds is 7. The number of aryl methyl sites for hydroxylation is 1. The second-order valence-corrected chi connectivity index (χ2v) is 16.1. The van der Waals surface area contributed by atoms with Crippen LogP contribution in [-0.2, 0) is 17.8 Å². The fourth-order valence-corrected chi connectivity index (χ4v) is 9.95. The van der Waals surface area contributed by atoms with E-state index in [1.807, 2.05) is 18.2 Å². The van der Waals surface area contributed by atoms with Crippen LogP contribution >= 0.6 is 0 Å². The Kier molecular flexibility index (Phi) is 9.53. The molecular formula is C45H51N5O4. The predicted molar refractivity (Wildman–Crippen MR) is 211 cm³/mol. The van der Waals surface area contributed by atoms with Crippen LogP contribution in [0.1, 0.15) is 82.1 Å². The molecule has 3 N–H and O–H groups in total. The van der Waals surface area contributed by atoms with Crippen molar-refractivity contribution in [2.75, 3.05) is 55.6 Å². The van der Waals surface area contributed by atoms with E-state index in [-0.39, 0.29) is 17.7 Å². The number of piperazine rings is 1. The van der Waals surface area contributed by atoms with Crippen LogP contribution in [0.3, 0.4) is 0 Å². The molecular weight excluding hydrogens is 675 g/mol. The second-order valence-electron chi connectivity index (χ2n) is 16.1. The number of aliphatic hydroxyl groups excluding tert-OH is 1. The van der Waals surface area contributed by atoms with Crippen LogP contribution in [0.4, 0.5) is 11.4 Å². The molecule has 280 valence electrons. The monoisotopic (exact) mass is 725 g/mol. The first kappa shape index (κ1) is 34.9. The Hall–Kier alpha value is -4.86. The Labute approximate surface area is 318 Å². The van der Waals surface area contributed by atoms with Crippen molar-refractivity contribution < 1.29 is 19.8 Å². The van der Waals surface area contributed by atoms with E-state index in [4.69, 9.17) is 0 Å². The van der Waals surface area contributed by atoms with E-state index < -0.39 is 12.3 Å². The van der Waals surface area contributed by atoms with Crippen LogP contribution < -0.4 is 15.1 Å². The van der Waals surface area contributed by atoms with Crippen molar-refractivity contribution in [1.29, 1.82) is 0 Å². The number of phenolic OH excluding ortho intramolecular Hbond substituents is 1. The summed E-state index contributed by atoms with van der Waals surface area (Å²) in [5.41, 5.74) is 9.46. The van der Waals surface area contributed by atoms with Crippen LogP contribution in [0.5, 0.6) is 5.75 Å². The quantitative estimate of drug-likeness (QED) is 0.220. The lowest BCUT2D eigenvalue weighted by atomic mass is 9.69. The van der Waals surface area contributed by atoms with Gasteiger partial charge in [-0.05, 0) is 121 Å². The maximum atomic E-state index is 13.2. The number of aliphatic hydroxyl groups is 1. The number of amides is 2. The Morgan fingerprint density at radius 3 is 2.19 bits per heavy atom. The highest BCUT2D eigenvalue weighted by Crippen LogP contribution is 2.47. The smallest absolute Gasteiger partial charge is 0.255 e. The van der Waals surface area contributed by atoms with Crippen LogP contribution in [-0.4, -0.2) is 89.9 Å². The van der Waals surface area contributed by atoms with E-state index in [0.29, 0.717) is 42.5 Å². The molecule has 9 heteroatoms. The first-order chi connectivity index (χ1) is 26.4. The van der Waals surface area contributed by atoms with Gasteiger partial charge in [0.2, 0.25) is 5.91 Å². The van der Waals surface area contributed by atoms with Crippen molar-refractivity contribution in [2.45, 2.75) is 69.2 Å². The van der Waals surface area contributed by atoms with E-state index in [1.165, 1.54) is 40.8 Å². The molecule has 0 radical (unpaired) electrons. The Balaban J connectivity index is 0.779. The molecule has 3 saturated heterocycles. The van der Waals surface area contributed by atoms with Crippen LogP contribution in [0.25, 0.3) is 0 Å². The molecule has 9 rings (SSSR count). The Bertz CT molecular complexity index is 1990. The van der Waals surface area contributed by atoms with E-state index in [9.17, 15) is 19.8 Å². The zero-order valence-electron chi connectivity index (χ0n) is 30.9. The van der Waals surface area contributed by atoms with Gasteiger partial charge in [0.25, 0.3) is 5.91 Å². The molecule has 4 atom stereocenters. The summed E-state index contributed by atoms with van der Waals surface area (Å²) in [5.74, 6) is 1.36. The summed E-state index contributed by atoms with van der Waals surface area (Å²) in [6.45, 7) is 7.72. The van der Waals surface area contributed by atoms with Gasteiger partial charge in [-0.15, -0.1) is 0 Å². The summed E-state index contributed by atoms with van der Waals surface area (Å²) in [6, 6.07) is 31.8. The number of piperidine rings is 2. The van der Waals surface area contributed by atoms with Crippen molar-refractivity contribution >= 4 is 23.2 Å². The third-order valence-corrected chi connectivity index (χ3v) is 12.9. The summed E-state index contributed by atoms with van der Waals surface area (Å²) in [5, 5.41) is 22.6. The zero-order valence-corrected chi connectivity index (χ0v) is 30.9. The topological polar surface area (TPSA) is 99.6 Å². The van der Waals surface area contributed by atoms with Gasteiger partial charge in [0, 0.05) is 75.2 Å². The number of carbonyl (C=O) groups excluding carboxylic acids is 2. The predicted octanol–water partition coefficient (Wildman–Crippen LogP) is 5.85. The minimum Gasteiger partial charge on any atom is -0.508 e. The third-order valence-electron chi connectivity index (χ3n) is 12.9. The van der Waals surface area contributed by atoms with E-state index in [0.717, 1.165) is 69.9 Å². The Morgan fingerprint density at radius 1 is 0.685 bits per heavy atom. The van der Waals surface area contributed by atoms with Crippen molar-refractivity contribution in [3.8, 4) is 5.75 Å². The third kappa shape index (κ3) is 6.84. The molecule has 54 heavy (non-hydrogen) atoms. The van der Waals surface area contributed by atoms with Crippen molar-refractivity contribution in [1.82, 2.24) is 15.1 Å². The van der Waals surface area contributed by atoms with Gasteiger partial charge < -0.3 is 30.2 Å². The normalized spacial score (nSPS) is 25.0. The highest BCUT2D eigenvalue weighted by atomic mass is 16.3. The fraction of sp³-hybridized carbons (Fsp3) is 0.422. The molecule has 4 aromatic rings. The SMILES string of the molecule is O=C1NC(O)CC[C@@H]1N1Cc2cc(N3CCN(CC4CCN(c5ccc([C@@H]6c7ccc(O)cc7CC[C@@H]6c6ccccc6)cc5)CC4)CC3)ccc2C1=O. The summed E-state index contributed by atoms with van der Waals surface area (Å²) >= 11 is 0. The fourth-order valence-electron chi connectivity index (χ4n) is 9.95. The number of benzene rings is 4. The first-order valence-electron chi connectivity index (χ1n) is 20.0.